The van der Waals surface area contributed by atoms with Gasteiger partial charge in [-0.15, -0.1) is 0 Å². The highest BCUT2D eigenvalue weighted by Crippen LogP contribution is 2.30. The van der Waals surface area contributed by atoms with Crippen molar-refractivity contribution in [3.63, 3.8) is 0 Å². The molecule has 1 unspecified atom stereocenters. The Bertz CT molecular complexity index is 276. The maximum absolute atomic E-state index is 9.55. The van der Waals surface area contributed by atoms with Gasteiger partial charge in [-0.05, 0) is 19.4 Å². The topological polar surface area (TPSA) is 29.5 Å². The van der Waals surface area contributed by atoms with Crippen LogP contribution in [-0.4, -0.2) is 18.3 Å². The molecular weight excluding hydrogens is 196 g/mol. The second kappa shape index (κ2) is 5.94. The minimum Gasteiger partial charge on any atom is -0.508 e. The molecule has 0 heterocycles. The van der Waals surface area contributed by atoms with Crippen molar-refractivity contribution in [2.75, 3.05) is 13.2 Å². The van der Waals surface area contributed by atoms with Crippen LogP contribution < -0.4 is 0 Å². The molecule has 0 saturated heterocycles. The maximum atomic E-state index is 9.55. The fraction of sp³-hybridized carbons (Fsp3) is 0.455. The molecule has 0 spiro atoms. The summed E-state index contributed by atoms with van der Waals surface area (Å²) in [6.45, 7) is 3.37. The Balaban J connectivity index is 2.51. The number of para-hydroxylation sites is 1. The Hall–Kier alpha value is -0.670. The van der Waals surface area contributed by atoms with Gasteiger partial charge in [0.2, 0.25) is 0 Å². The Labute approximate surface area is 90.3 Å². The summed E-state index contributed by atoms with van der Waals surface area (Å²) in [6, 6.07) is 7.28. The third-order valence-corrected chi connectivity index (χ3v) is 2.57. The van der Waals surface area contributed by atoms with Gasteiger partial charge in [-0.1, -0.05) is 18.2 Å². The molecule has 14 heavy (non-hydrogen) atoms. The van der Waals surface area contributed by atoms with E-state index in [-0.39, 0.29) is 5.25 Å². The first-order valence-electron chi connectivity index (χ1n) is 4.79. The summed E-state index contributed by atoms with van der Waals surface area (Å²) in [5.74, 6) is 0.309. The number of hydrogen-bond acceptors (Lipinski definition) is 3. The number of hydrogen-bond donors (Lipinski definition) is 2. The summed E-state index contributed by atoms with van der Waals surface area (Å²) in [5.41, 5.74) is 0.871. The molecule has 0 aliphatic rings. The monoisotopic (exact) mass is 212 g/mol. The number of benzene rings is 1. The number of phenolic OH excluding ortho intramolecular Hbond substituents is 1. The lowest BCUT2D eigenvalue weighted by atomic mass is 10.1. The first kappa shape index (κ1) is 11.4. The normalized spacial score (nSPS) is 12.7. The fourth-order valence-corrected chi connectivity index (χ4v) is 1.59. The maximum Gasteiger partial charge on any atom is 0.119 e. The predicted molar refractivity (Wildman–Crippen MR) is 60.9 cm³/mol. The molecule has 0 aliphatic heterocycles. The number of rotatable bonds is 5. The van der Waals surface area contributed by atoms with Gasteiger partial charge >= 0.3 is 0 Å². The molecule has 1 atom stereocenters. The number of thiol groups is 1. The standard InChI is InChI=1S/C11H16O2S/c1-2-13-8-7-11(14)9-5-3-4-6-10(9)12/h3-6,11-12,14H,2,7-8H2,1H3. The van der Waals surface area contributed by atoms with E-state index in [1.54, 1.807) is 6.07 Å². The van der Waals surface area contributed by atoms with Gasteiger partial charge in [-0.25, -0.2) is 0 Å². The van der Waals surface area contributed by atoms with E-state index in [9.17, 15) is 5.11 Å². The third-order valence-electron chi connectivity index (χ3n) is 2.04. The molecule has 1 aromatic rings. The van der Waals surface area contributed by atoms with E-state index in [1.165, 1.54) is 0 Å². The highest BCUT2D eigenvalue weighted by atomic mass is 32.1. The van der Waals surface area contributed by atoms with E-state index >= 15 is 0 Å². The van der Waals surface area contributed by atoms with E-state index < -0.39 is 0 Å². The molecule has 78 valence electrons. The first-order valence-corrected chi connectivity index (χ1v) is 5.31. The summed E-state index contributed by atoms with van der Waals surface area (Å²) in [6.07, 6.45) is 0.814. The lowest BCUT2D eigenvalue weighted by molar-refractivity contribution is 0.144. The Morgan fingerprint density at radius 2 is 2.14 bits per heavy atom. The van der Waals surface area contributed by atoms with Crippen molar-refractivity contribution < 1.29 is 9.84 Å². The van der Waals surface area contributed by atoms with E-state index in [0.717, 1.165) is 18.6 Å². The molecule has 1 rings (SSSR count). The average Bonchev–Trinajstić information content (AvgIpc) is 2.18. The van der Waals surface area contributed by atoms with Crippen molar-refractivity contribution in [3.8, 4) is 5.75 Å². The summed E-state index contributed by atoms with van der Waals surface area (Å²) < 4.78 is 5.23. The van der Waals surface area contributed by atoms with Crippen LogP contribution in [0.5, 0.6) is 5.75 Å². The molecule has 0 saturated carbocycles. The van der Waals surface area contributed by atoms with E-state index in [4.69, 9.17) is 4.74 Å². The molecule has 0 amide bonds. The predicted octanol–water partition coefficient (Wildman–Crippen LogP) is 2.79. The second-order valence-corrected chi connectivity index (χ2v) is 3.68. The Morgan fingerprint density at radius 1 is 1.43 bits per heavy atom. The van der Waals surface area contributed by atoms with Gasteiger partial charge in [0.15, 0.2) is 0 Å². The van der Waals surface area contributed by atoms with Crippen LogP contribution in [0.25, 0.3) is 0 Å². The van der Waals surface area contributed by atoms with Crippen LogP contribution in [0, 0.1) is 0 Å². The largest absolute Gasteiger partial charge is 0.508 e. The molecular formula is C11H16O2S. The molecule has 1 N–H and O–H groups in total. The van der Waals surface area contributed by atoms with Crippen LogP contribution in [-0.2, 0) is 4.74 Å². The van der Waals surface area contributed by atoms with Crippen LogP contribution in [0.2, 0.25) is 0 Å². The third kappa shape index (κ3) is 3.24. The summed E-state index contributed by atoms with van der Waals surface area (Å²) in [5, 5.41) is 9.59. The minimum absolute atomic E-state index is 0.0442. The zero-order valence-corrected chi connectivity index (χ0v) is 9.21. The molecule has 0 aliphatic carbocycles. The van der Waals surface area contributed by atoms with E-state index in [2.05, 4.69) is 12.6 Å². The molecule has 2 nitrogen and oxygen atoms in total. The van der Waals surface area contributed by atoms with Gasteiger partial charge in [0.1, 0.15) is 5.75 Å². The van der Waals surface area contributed by atoms with E-state index in [1.807, 2.05) is 25.1 Å². The van der Waals surface area contributed by atoms with Crippen molar-refractivity contribution in [2.45, 2.75) is 18.6 Å². The van der Waals surface area contributed by atoms with Crippen molar-refractivity contribution in [1.82, 2.24) is 0 Å². The average molecular weight is 212 g/mol. The van der Waals surface area contributed by atoms with Crippen LogP contribution >= 0.6 is 12.6 Å². The van der Waals surface area contributed by atoms with Gasteiger partial charge in [-0.3, -0.25) is 0 Å². The van der Waals surface area contributed by atoms with Crippen LogP contribution in [0.1, 0.15) is 24.2 Å². The highest BCUT2D eigenvalue weighted by molar-refractivity contribution is 7.80. The zero-order valence-electron chi connectivity index (χ0n) is 8.31. The van der Waals surface area contributed by atoms with Gasteiger partial charge < -0.3 is 9.84 Å². The second-order valence-electron chi connectivity index (χ2n) is 3.06. The smallest absolute Gasteiger partial charge is 0.119 e. The molecule has 1 aromatic carbocycles. The Morgan fingerprint density at radius 3 is 2.79 bits per heavy atom. The van der Waals surface area contributed by atoms with Crippen LogP contribution in [0.3, 0.4) is 0 Å². The fourth-order valence-electron chi connectivity index (χ4n) is 1.26. The minimum atomic E-state index is 0.0442. The summed E-state index contributed by atoms with van der Waals surface area (Å²) in [4.78, 5) is 0. The highest BCUT2D eigenvalue weighted by Gasteiger charge is 2.09. The molecule has 0 aromatic heterocycles. The van der Waals surface area contributed by atoms with Gasteiger partial charge in [0, 0.05) is 24.0 Å². The lowest BCUT2D eigenvalue weighted by Gasteiger charge is -2.12. The lowest BCUT2D eigenvalue weighted by Crippen LogP contribution is -1.99. The molecule has 0 bridgehead atoms. The SMILES string of the molecule is CCOCCC(S)c1ccccc1O. The molecule has 3 heteroatoms. The summed E-state index contributed by atoms with van der Waals surface area (Å²) >= 11 is 4.42. The van der Waals surface area contributed by atoms with Crippen molar-refractivity contribution in [1.29, 1.82) is 0 Å². The zero-order chi connectivity index (χ0) is 10.4. The van der Waals surface area contributed by atoms with Crippen molar-refractivity contribution in [2.24, 2.45) is 0 Å². The quantitative estimate of drug-likeness (QED) is 0.580. The number of aromatic hydroxyl groups is 1. The van der Waals surface area contributed by atoms with Gasteiger partial charge in [0.05, 0.1) is 0 Å². The van der Waals surface area contributed by atoms with Crippen molar-refractivity contribution in [3.05, 3.63) is 29.8 Å². The molecule has 0 fully saturated rings. The van der Waals surface area contributed by atoms with Gasteiger partial charge in [-0.2, -0.15) is 12.6 Å². The van der Waals surface area contributed by atoms with Crippen LogP contribution in [0.15, 0.2) is 24.3 Å². The molecule has 0 radical (unpaired) electrons. The van der Waals surface area contributed by atoms with Crippen LogP contribution in [0.4, 0.5) is 0 Å². The van der Waals surface area contributed by atoms with Gasteiger partial charge in [0.25, 0.3) is 0 Å². The number of phenols is 1. The number of ether oxygens (including phenoxy) is 1. The first-order chi connectivity index (χ1) is 6.75. The summed E-state index contributed by atoms with van der Waals surface area (Å²) in [7, 11) is 0. The van der Waals surface area contributed by atoms with E-state index in [0.29, 0.717) is 12.4 Å². The van der Waals surface area contributed by atoms with Crippen molar-refractivity contribution >= 4 is 12.6 Å². The Kier molecular flexibility index (Phi) is 4.84.